The van der Waals surface area contributed by atoms with Crippen LogP contribution in [0.25, 0.3) is 0 Å². The molecule has 0 aromatic heterocycles. The molecule has 1 rings (SSSR count). The molecule has 1 aliphatic heterocycles. The van der Waals surface area contributed by atoms with Crippen LogP contribution in [0.15, 0.2) is 0 Å². The highest BCUT2D eigenvalue weighted by molar-refractivity contribution is 5.73. The lowest BCUT2D eigenvalue weighted by Crippen LogP contribution is -2.54. The summed E-state index contributed by atoms with van der Waals surface area (Å²) in [6, 6.07) is -0.747. The maximum Gasteiger partial charge on any atom is 0.320 e. The van der Waals surface area contributed by atoms with E-state index in [1.54, 1.807) is 41.5 Å². The van der Waals surface area contributed by atoms with Crippen LogP contribution < -0.4 is 0 Å². The second kappa shape index (κ2) is 17.6. The molecule has 0 radical (unpaired) electrons. The van der Waals surface area contributed by atoms with E-state index in [0.717, 1.165) is 0 Å². The molecule has 0 amide bonds. The van der Waals surface area contributed by atoms with E-state index >= 15 is 0 Å². The van der Waals surface area contributed by atoms with Crippen molar-refractivity contribution in [2.45, 2.75) is 91.3 Å². The van der Waals surface area contributed by atoms with Crippen molar-refractivity contribution in [3.8, 4) is 0 Å². The van der Waals surface area contributed by atoms with Crippen LogP contribution in [0.4, 0.5) is 0 Å². The number of hydrogen-bond acceptors (Lipinski definition) is 13. The summed E-state index contributed by atoms with van der Waals surface area (Å²) in [5.41, 5.74) is -1.94. The van der Waals surface area contributed by atoms with Gasteiger partial charge in [0.25, 0.3) is 0 Å². The van der Waals surface area contributed by atoms with Crippen molar-refractivity contribution in [1.82, 2.24) is 19.6 Å². The van der Waals surface area contributed by atoms with Crippen molar-refractivity contribution >= 4 is 17.9 Å². The monoisotopic (exact) mass is 618 g/mol. The van der Waals surface area contributed by atoms with E-state index in [1.807, 2.05) is 40.4 Å². The minimum atomic E-state index is -1.18. The highest BCUT2D eigenvalue weighted by Crippen LogP contribution is 2.13. The van der Waals surface area contributed by atoms with Gasteiger partial charge >= 0.3 is 17.9 Å². The van der Waals surface area contributed by atoms with E-state index in [0.29, 0.717) is 52.4 Å². The van der Waals surface area contributed by atoms with Crippen molar-refractivity contribution in [3.05, 3.63) is 0 Å². The first-order valence-electron chi connectivity index (χ1n) is 15.2. The number of carbonyl (C=O) groups excluding carboxylic acids is 3. The molecule has 3 N–H and O–H groups in total. The number of ether oxygens (including phenoxy) is 3. The van der Waals surface area contributed by atoms with Crippen LogP contribution >= 0.6 is 0 Å². The van der Waals surface area contributed by atoms with Gasteiger partial charge in [0.15, 0.2) is 0 Å². The molecule has 1 heterocycles. The molecule has 0 saturated carbocycles. The van der Waals surface area contributed by atoms with E-state index in [1.165, 1.54) is 0 Å². The second-order valence-corrected chi connectivity index (χ2v) is 14.1. The third-order valence-electron chi connectivity index (χ3n) is 6.48. The molecule has 0 spiro atoms. The van der Waals surface area contributed by atoms with Crippen LogP contribution in [0, 0.1) is 0 Å². The number of aliphatic hydroxyl groups excluding tert-OH is 3. The molecule has 1 aliphatic rings. The topological polar surface area (TPSA) is 153 Å². The number of nitrogens with zero attached hydrogens (tertiary/aromatic N) is 4. The second-order valence-electron chi connectivity index (χ2n) is 14.1. The number of esters is 3. The van der Waals surface area contributed by atoms with E-state index in [9.17, 15) is 29.7 Å². The molecule has 0 aliphatic carbocycles. The Morgan fingerprint density at radius 1 is 0.558 bits per heavy atom. The lowest BCUT2D eigenvalue weighted by Gasteiger charge is -2.38. The predicted octanol–water partition coefficient (Wildman–Crippen LogP) is -0.0528. The molecule has 2 atom stereocenters. The molecular weight excluding hydrogens is 560 g/mol. The van der Waals surface area contributed by atoms with Gasteiger partial charge in [-0.2, -0.15) is 0 Å². The Bertz CT molecular complexity index is 821. The minimum Gasteiger partial charge on any atom is -0.459 e. The zero-order valence-electron chi connectivity index (χ0n) is 27.9. The molecule has 1 saturated heterocycles. The summed E-state index contributed by atoms with van der Waals surface area (Å²) in [5.74, 6) is -1.14. The van der Waals surface area contributed by atoms with Crippen molar-refractivity contribution in [2.75, 3.05) is 85.2 Å². The number of rotatable bonds is 10. The van der Waals surface area contributed by atoms with Gasteiger partial charge in [0, 0.05) is 52.4 Å². The van der Waals surface area contributed by atoms with E-state index in [2.05, 4.69) is 0 Å². The number of carbonyl (C=O) groups is 3. The molecule has 13 nitrogen and oxygen atoms in total. The van der Waals surface area contributed by atoms with Gasteiger partial charge < -0.3 is 29.5 Å². The third-order valence-corrected chi connectivity index (χ3v) is 6.48. The van der Waals surface area contributed by atoms with Gasteiger partial charge in [-0.05, 0) is 62.3 Å². The van der Waals surface area contributed by atoms with Crippen molar-refractivity contribution in [1.29, 1.82) is 0 Å². The SMILES string of the molecule is CC(C)(C)OC(=O)CN1CCN(CC(=O)OC(C)(C)C)CCN(C(CO)C(O)CO)CCN(CC(=O)OC(C)(C)C)CC1. The maximum atomic E-state index is 12.8. The van der Waals surface area contributed by atoms with Crippen molar-refractivity contribution in [3.63, 3.8) is 0 Å². The molecule has 0 aromatic rings. The van der Waals surface area contributed by atoms with Gasteiger partial charge in [0.2, 0.25) is 0 Å². The largest absolute Gasteiger partial charge is 0.459 e. The molecule has 1 fully saturated rings. The summed E-state index contributed by atoms with van der Waals surface area (Å²) < 4.78 is 16.7. The van der Waals surface area contributed by atoms with Crippen LogP contribution in [-0.4, -0.2) is 167 Å². The Morgan fingerprint density at radius 3 is 1.07 bits per heavy atom. The first-order valence-corrected chi connectivity index (χ1v) is 15.2. The molecule has 252 valence electrons. The lowest BCUT2D eigenvalue weighted by atomic mass is 10.1. The highest BCUT2D eigenvalue weighted by atomic mass is 16.6. The summed E-state index contributed by atoms with van der Waals surface area (Å²) in [6.07, 6.45) is -1.18. The molecule has 43 heavy (non-hydrogen) atoms. The predicted molar refractivity (Wildman–Crippen MR) is 162 cm³/mol. The molecule has 13 heteroatoms. The van der Waals surface area contributed by atoms with Gasteiger partial charge in [-0.25, -0.2) is 0 Å². The third kappa shape index (κ3) is 17.9. The zero-order valence-corrected chi connectivity index (χ0v) is 27.9. The molecule has 0 bridgehead atoms. The Hall–Kier alpha value is -1.87. The first kappa shape index (κ1) is 39.2. The van der Waals surface area contributed by atoms with Gasteiger partial charge in [-0.15, -0.1) is 0 Å². The van der Waals surface area contributed by atoms with Crippen LogP contribution in [-0.2, 0) is 28.6 Å². The lowest BCUT2D eigenvalue weighted by molar-refractivity contribution is -0.158. The Balaban J connectivity index is 3.28. The van der Waals surface area contributed by atoms with Crippen LogP contribution in [0.5, 0.6) is 0 Å². The van der Waals surface area contributed by atoms with E-state index in [4.69, 9.17) is 14.2 Å². The summed E-state index contributed by atoms with van der Waals surface area (Å²) >= 11 is 0. The number of hydrogen-bond donors (Lipinski definition) is 3. The normalized spacial score (nSPS) is 19.5. The van der Waals surface area contributed by atoms with Gasteiger partial charge in [0.1, 0.15) is 16.8 Å². The molecule has 0 aromatic carbocycles. The summed E-state index contributed by atoms with van der Waals surface area (Å²) in [5, 5.41) is 30.2. The fraction of sp³-hybridized carbons (Fsp3) is 0.900. The average Bonchev–Trinajstić information content (AvgIpc) is 2.81. The fourth-order valence-electron chi connectivity index (χ4n) is 4.63. The summed E-state index contributed by atoms with van der Waals surface area (Å²) in [6.45, 7) is 18.6. The molecular formula is C30H58N4O9. The summed E-state index contributed by atoms with van der Waals surface area (Å²) in [7, 11) is 0. The fourth-order valence-corrected chi connectivity index (χ4v) is 4.63. The quantitative estimate of drug-likeness (QED) is 0.222. The Morgan fingerprint density at radius 2 is 0.837 bits per heavy atom. The minimum absolute atomic E-state index is 0.0164. The van der Waals surface area contributed by atoms with Gasteiger partial charge in [-0.1, -0.05) is 0 Å². The van der Waals surface area contributed by atoms with E-state index < -0.39 is 35.6 Å². The van der Waals surface area contributed by atoms with Crippen LogP contribution in [0.3, 0.4) is 0 Å². The number of aliphatic hydroxyl groups is 3. The standard InChI is InChI=1S/C30H58N4O9/c1-28(2,3)41-25(38)18-31-10-12-32(19-26(39)42-29(4,5)6)14-16-34(23(21-35)24(37)22-36)17-15-33(13-11-31)20-27(40)43-30(7,8)9/h23-24,35-37H,10-22H2,1-9H3. The zero-order chi connectivity index (χ0) is 33.0. The van der Waals surface area contributed by atoms with Crippen molar-refractivity contribution < 1.29 is 43.9 Å². The van der Waals surface area contributed by atoms with Crippen LogP contribution in [0.1, 0.15) is 62.3 Å². The van der Waals surface area contributed by atoms with Gasteiger partial charge in [0.05, 0.1) is 45.0 Å². The van der Waals surface area contributed by atoms with Gasteiger partial charge in [-0.3, -0.25) is 34.0 Å². The molecule has 2 unspecified atom stereocenters. The maximum absolute atomic E-state index is 12.8. The van der Waals surface area contributed by atoms with Crippen molar-refractivity contribution in [2.24, 2.45) is 0 Å². The smallest absolute Gasteiger partial charge is 0.320 e. The summed E-state index contributed by atoms with van der Waals surface area (Å²) in [4.78, 5) is 45.9. The van der Waals surface area contributed by atoms with Crippen LogP contribution in [0.2, 0.25) is 0 Å². The average molecular weight is 619 g/mol. The first-order chi connectivity index (χ1) is 19.7. The Labute approximate surface area is 258 Å². The Kier molecular flexibility index (Phi) is 16.0. The van der Waals surface area contributed by atoms with E-state index in [-0.39, 0.29) is 44.1 Å². The highest BCUT2D eigenvalue weighted by Gasteiger charge is 2.29.